The number of imidazole rings is 1. The van der Waals surface area contributed by atoms with Crippen molar-refractivity contribution in [2.24, 2.45) is 0 Å². The lowest BCUT2D eigenvalue weighted by atomic mass is 9.92. The molecule has 4 rings (SSSR count). The Hall–Kier alpha value is -2.34. The van der Waals surface area contributed by atoms with Gasteiger partial charge in [0.25, 0.3) is 5.91 Å². The summed E-state index contributed by atoms with van der Waals surface area (Å²) in [6, 6.07) is 14.4. The van der Waals surface area contributed by atoms with Crippen LogP contribution >= 0.6 is 23.2 Å². The average Bonchev–Trinajstić information content (AvgIpc) is 3.16. The zero-order chi connectivity index (χ0) is 20.4. The summed E-state index contributed by atoms with van der Waals surface area (Å²) in [5.74, 6) is 0.254. The molecule has 3 aromatic rings. The molecule has 0 bridgehead atoms. The van der Waals surface area contributed by atoms with Crippen LogP contribution in [0.15, 0.2) is 54.7 Å². The van der Waals surface area contributed by atoms with Crippen LogP contribution in [0.25, 0.3) is 17.1 Å². The molecule has 2 N–H and O–H groups in total. The summed E-state index contributed by atoms with van der Waals surface area (Å²) < 4.78 is 1.82. The summed E-state index contributed by atoms with van der Waals surface area (Å²) in [7, 11) is 0. The molecule has 2 atom stereocenters. The van der Waals surface area contributed by atoms with Gasteiger partial charge in [-0.15, -0.1) is 0 Å². The van der Waals surface area contributed by atoms with Crippen molar-refractivity contribution in [1.29, 1.82) is 0 Å². The third-order valence-corrected chi connectivity index (χ3v) is 5.79. The Morgan fingerprint density at radius 1 is 1.07 bits per heavy atom. The standard InChI is InChI=1S/C22H21Cl2N3O2/c23-14-9-11-15(12-10-14)27-13-19(22(29)26-18-7-3-4-8-20(18)28)25-21(27)16-5-1-2-6-17(16)24/h1-2,5-6,9-13,18,20,28H,3-4,7-8H2,(H,26,29)/t18-,20+/m1/s1. The zero-order valence-corrected chi connectivity index (χ0v) is 17.2. The van der Waals surface area contributed by atoms with Crippen molar-refractivity contribution < 1.29 is 9.90 Å². The molecule has 0 unspecified atom stereocenters. The first kappa shape index (κ1) is 20.0. The molecule has 1 aliphatic rings. The Morgan fingerprint density at radius 3 is 2.52 bits per heavy atom. The zero-order valence-electron chi connectivity index (χ0n) is 15.7. The second-order valence-corrected chi connectivity index (χ2v) is 8.05. The number of carbonyl (C=O) groups excluding carboxylic acids is 1. The number of aliphatic hydroxyl groups excluding tert-OH is 1. The predicted octanol–water partition coefficient (Wildman–Crippen LogP) is 4.88. The maximum atomic E-state index is 12.9. The van der Waals surface area contributed by atoms with Gasteiger partial charge in [-0.25, -0.2) is 4.98 Å². The summed E-state index contributed by atoms with van der Waals surface area (Å²) in [6.07, 6.45) is 4.61. The minimum Gasteiger partial charge on any atom is -0.391 e. The monoisotopic (exact) mass is 429 g/mol. The quantitative estimate of drug-likeness (QED) is 0.620. The molecule has 1 fully saturated rings. The number of nitrogens with zero attached hydrogens (tertiary/aromatic N) is 2. The third kappa shape index (κ3) is 4.32. The Bertz CT molecular complexity index is 1020. The largest absolute Gasteiger partial charge is 0.391 e. The van der Waals surface area contributed by atoms with E-state index in [2.05, 4.69) is 10.3 Å². The van der Waals surface area contributed by atoms with E-state index in [1.165, 1.54) is 0 Å². The molecular weight excluding hydrogens is 409 g/mol. The van der Waals surface area contributed by atoms with Gasteiger partial charge in [-0.3, -0.25) is 9.36 Å². The van der Waals surface area contributed by atoms with Crippen molar-refractivity contribution in [3.63, 3.8) is 0 Å². The fraction of sp³-hybridized carbons (Fsp3) is 0.273. The highest BCUT2D eigenvalue weighted by atomic mass is 35.5. The minimum atomic E-state index is -0.519. The Kier molecular flexibility index (Phi) is 5.90. The van der Waals surface area contributed by atoms with Crippen LogP contribution in [-0.2, 0) is 0 Å². The number of carbonyl (C=O) groups is 1. The number of amides is 1. The molecule has 0 saturated heterocycles. The highest BCUT2D eigenvalue weighted by molar-refractivity contribution is 6.33. The summed E-state index contributed by atoms with van der Waals surface area (Å²) in [5.41, 5.74) is 1.81. The van der Waals surface area contributed by atoms with E-state index in [1.54, 1.807) is 24.4 Å². The highest BCUT2D eigenvalue weighted by Crippen LogP contribution is 2.30. The van der Waals surface area contributed by atoms with Crippen molar-refractivity contribution in [1.82, 2.24) is 14.9 Å². The van der Waals surface area contributed by atoms with E-state index in [0.29, 0.717) is 22.3 Å². The number of hydrogen-bond acceptors (Lipinski definition) is 3. The lowest BCUT2D eigenvalue weighted by Crippen LogP contribution is -2.45. The van der Waals surface area contributed by atoms with Gasteiger partial charge < -0.3 is 10.4 Å². The second kappa shape index (κ2) is 8.57. The van der Waals surface area contributed by atoms with Crippen LogP contribution < -0.4 is 5.32 Å². The average molecular weight is 430 g/mol. The fourth-order valence-corrected chi connectivity index (χ4v) is 3.99. The van der Waals surface area contributed by atoms with E-state index in [9.17, 15) is 9.90 Å². The van der Waals surface area contributed by atoms with E-state index in [-0.39, 0.29) is 17.6 Å². The van der Waals surface area contributed by atoms with E-state index in [1.807, 2.05) is 34.9 Å². The number of rotatable bonds is 4. The third-order valence-electron chi connectivity index (χ3n) is 5.20. The molecule has 1 saturated carbocycles. The smallest absolute Gasteiger partial charge is 0.271 e. The van der Waals surface area contributed by atoms with Gasteiger partial charge >= 0.3 is 0 Å². The molecule has 1 aliphatic carbocycles. The lowest BCUT2D eigenvalue weighted by Gasteiger charge is -2.27. The molecule has 0 spiro atoms. The van der Waals surface area contributed by atoms with Gasteiger partial charge in [-0.1, -0.05) is 48.2 Å². The van der Waals surface area contributed by atoms with Gasteiger partial charge in [0.05, 0.1) is 17.2 Å². The molecule has 1 heterocycles. The van der Waals surface area contributed by atoms with Crippen LogP contribution in [0.5, 0.6) is 0 Å². The van der Waals surface area contributed by atoms with Crippen LogP contribution in [0.4, 0.5) is 0 Å². The van der Waals surface area contributed by atoms with Crippen LogP contribution in [0.3, 0.4) is 0 Å². The normalized spacial score (nSPS) is 19.1. The van der Waals surface area contributed by atoms with E-state index < -0.39 is 6.10 Å². The Morgan fingerprint density at radius 2 is 1.79 bits per heavy atom. The molecule has 150 valence electrons. The summed E-state index contributed by atoms with van der Waals surface area (Å²) in [5, 5.41) is 14.3. The lowest BCUT2D eigenvalue weighted by molar-refractivity contribution is 0.0714. The van der Waals surface area contributed by atoms with Gasteiger partial charge in [0.1, 0.15) is 11.5 Å². The Labute approximate surface area is 179 Å². The van der Waals surface area contributed by atoms with E-state index in [0.717, 1.165) is 30.5 Å². The highest BCUT2D eigenvalue weighted by Gasteiger charge is 2.26. The molecule has 0 radical (unpaired) electrons. The summed E-state index contributed by atoms with van der Waals surface area (Å²) in [4.78, 5) is 17.5. The van der Waals surface area contributed by atoms with Gasteiger partial charge in [0.15, 0.2) is 0 Å². The van der Waals surface area contributed by atoms with Crippen LogP contribution in [0, 0.1) is 0 Å². The molecule has 5 nitrogen and oxygen atoms in total. The van der Waals surface area contributed by atoms with Gasteiger partial charge in [-0.05, 0) is 49.2 Å². The molecule has 1 amide bonds. The first-order valence-electron chi connectivity index (χ1n) is 9.62. The van der Waals surface area contributed by atoms with Gasteiger partial charge in [0, 0.05) is 22.5 Å². The Balaban J connectivity index is 1.72. The molecule has 1 aromatic heterocycles. The van der Waals surface area contributed by atoms with Crippen molar-refractivity contribution in [3.8, 4) is 17.1 Å². The van der Waals surface area contributed by atoms with Crippen molar-refractivity contribution in [2.45, 2.75) is 37.8 Å². The number of aliphatic hydroxyl groups is 1. The topological polar surface area (TPSA) is 67.2 Å². The van der Waals surface area contributed by atoms with Gasteiger partial charge in [0.2, 0.25) is 0 Å². The first-order valence-corrected chi connectivity index (χ1v) is 10.4. The summed E-state index contributed by atoms with van der Waals surface area (Å²) in [6.45, 7) is 0. The number of aromatic nitrogens is 2. The second-order valence-electron chi connectivity index (χ2n) is 7.21. The number of halogens is 2. The van der Waals surface area contributed by atoms with Crippen LogP contribution in [0.1, 0.15) is 36.2 Å². The van der Waals surface area contributed by atoms with Gasteiger partial charge in [-0.2, -0.15) is 0 Å². The minimum absolute atomic E-state index is 0.249. The molecule has 2 aromatic carbocycles. The molecule has 7 heteroatoms. The summed E-state index contributed by atoms with van der Waals surface area (Å²) >= 11 is 12.4. The van der Waals surface area contributed by atoms with E-state index >= 15 is 0 Å². The maximum absolute atomic E-state index is 12.9. The number of benzene rings is 2. The molecule has 0 aliphatic heterocycles. The first-order chi connectivity index (χ1) is 14.0. The SMILES string of the molecule is O=C(N[C@@H]1CCCC[C@@H]1O)c1cn(-c2ccc(Cl)cc2)c(-c2ccccc2Cl)n1. The van der Waals surface area contributed by atoms with Crippen LogP contribution in [-0.4, -0.2) is 32.7 Å². The molecular formula is C22H21Cl2N3O2. The van der Waals surface area contributed by atoms with E-state index in [4.69, 9.17) is 23.2 Å². The fourth-order valence-electron chi connectivity index (χ4n) is 3.64. The number of hydrogen-bond donors (Lipinski definition) is 2. The van der Waals surface area contributed by atoms with Crippen LogP contribution in [0.2, 0.25) is 10.0 Å². The predicted molar refractivity (Wildman–Crippen MR) is 115 cm³/mol. The van der Waals surface area contributed by atoms with Crippen molar-refractivity contribution in [2.75, 3.05) is 0 Å². The van der Waals surface area contributed by atoms with Crippen molar-refractivity contribution in [3.05, 3.63) is 70.5 Å². The number of nitrogens with one attached hydrogen (secondary N) is 1. The molecule has 29 heavy (non-hydrogen) atoms. The van der Waals surface area contributed by atoms with Crippen molar-refractivity contribution >= 4 is 29.1 Å². The maximum Gasteiger partial charge on any atom is 0.271 e.